The first-order valence-corrected chi connectivity index (χ1v) is 6.98. The Balaban J connectivity index is 2.32. The third-order valence-corrected chi connectivity index (χ3v) is 3.60. The minimum absolute atomic E-state index is 0.157. The molecular formula is C16H13ClF3NO2. The van der Waals surface area contributed by atoms with E-state index >= 15 is 0 Å². The first kappa shape index (κ1) is 17.3. The van der Waals surface area contributed by atoms with E-state index in [2.05, 4.69) is 5.32 Å². The van der Waals surface area contributed by atoms with E-state index in [1.54, 1.807) is 25.1 Å². The van der Waals surface area contributed by atoms with Crippen LogP contribution in [0.2, 0.25) is 5.02 Å². The zero-order valence-electron chi connectivity index (χ0n) is 12.0. The zero-order chi connectivity index (χ0) is 17.2. The molecule has 0 fully saturated rings. The van der Waals surface area contributed by atoms with Crippen molar-refractivity contribution in [2.24, 2.45) is 0 Å². The predicted octanol–water partition coefficient (Wildman–Crippen LogP) is 4.41. The lowest BCUT2D eigenvalue weighted by Gasteiger charge is -2.13. The molecule has 7 heteroatoms. The molecule has 0 unspecified atom stereocenters. The third-order valence-electron chi connectivity index (χ3n) is 3.27. The van der Waals surface area contributed by atoms with Crippen molar-refractivity contribution >= 4 is 23.2 Å². The van der Waals surface area contributed by atoms with E-state index in [1.165, 1.54) is 6.07 Å². The molecule has 2 aromatic carbocycles. The molecule has 3 nitrogen and oxygen atoms in total. The number of benzene rings is 2. The second-order valence-electron chi connectivity index (χ2n) is 4.95. The molecule has 0 radical (unpaired) electrons. The zero-order valence-corrected chi connectivity index (χ0v) is 12.8. The fraction of sp³-hybridized carbons (Fsp3) is 0.188. The normalized spacial score (nSPS) is 11.4. The van der Waals surface area contributed by atoms with Crippen LogP contribution in [0.4, 0.5) is 18.9 Å². The maximum Gasteiger partial charge on any atom is 0.417 e. The Morgan fingerprint density at radius 3 is 2.52 bits per heavy atom. The summed E-state index contributed by atoms with van der Waals surface area (Å²) in [6.45, 7) is 1.53. The highest BCUT2D eigenvalue weighted by Gasteiger charge is 2.33. The number of rotatable bonds is 3. The van der Waals surface area contributed by atoms with E-state index in [4.69, 9.17) is 16.7 Å². The monoisotopic (exact) mass is 343 g/mol. The quantitative estimate of drug-likeness (QED) is 0.867. The highest BCUT2D eigenvalue weighted by atomic mass is 35.5. The number of aliphatic hydroxyl groups is 1. The maximum absolute atomic E-state index is 12.8. The molecule has 0 saturated heterocycles. The molecule has 0 atom stereocenters. The van der Waals surface area contributed by atoms with Gasteiger partial charge >= 0.3 is 6.18 Å². The van der Waals surface area contributed by atoms with Gasteiger partial charge in [-0.3, -0.25) is 4.79 Å². The van der Waals surface area contributed by atoms with Gasteiger partial charge in [-0.2, -0.15) is 13.2 Å². The van der Waals surface area contributed by atoms with Crippen LogP contribution in [0.25, 0.3) is 0 Å². The van der Waals surface area contributed by atoms with Crippen molar-refractivity contribution < 1.29 is 23.1 Å². The summed E-state index contributed by atoms with van der Waals surface area (Å²) in [6.07, 6.45) is -4.64. The van der Waals surface area contributed by atoms with Crippen LogP contribution >= 0.6 is 11.6 Å². The number of amides is 1. The SMILES string of the molecule is Cc1ccc(CO)cc1NC(=O)c1ccc(Cl)c(C(F)(F)F)c1. The predicted molar refractivity (Wildman–Crippen MR) is 81.5 cm³/mol. The van der Waals surface area contributed by atoms with Crippen molar-refractivity contribution in [3.05, 3.63) is 63.7 Å². The molecule has 0 heterocycles. The largest absolute Gasteiger partial charge is 0.417 e. The molecule has 0 aliphatic carbocycles. The smallest absolute Gasteiger partial charge is 0.392 e. The number of nitrogens with one attached hydrogen (secondary N) is 1. The molecule has 1 amide bonds. The van der Waals surface area contributed by atoms with Crippen molar-refractivity contribution in [3.8, 4) is 0 Å². The summed E-state index contributed by atoms with van der Waals surface area (Å²) in [7, 11) is 0. The fourth-order valence-electron chi connectivity index (χ4n) is 1.98. The van der Waals surface area contributed by atoms with Crippen LogP contribution < -0.4 is 5.32 Å². The van der Waals surface area contributed by atoms with Crippen LogP contribution in [0.15, 0.2) is 36.4 Å². The summed E-state index contributed by atoms with van der Waals surface area (Å²) >= 11 is 5.53. The van der Waals surface area contributed by atoms with Gasteiger partial charge in [-0.1, -0.05) is 23.7 Å². The molecule has 0 spiro atoms. The van der Waals surface area contributed by atoms with Gasteiger partial charge in [0.2, 0.25) is 0 Å². The van der Waals surface area contributed by atoms with Gasteiger partial charge in [0.1, 0.15) is 0 Å². The lowest BCUT2D eigenvalue weighted by atomic mass is 10.1. The Morgan fingerprint density at radius 2 is 1.91 bits per heavy atom. The molecule has 2 rings (SSSR count). The molecule has 23 heavy (non-hydrogen) atoms. The van der Waals surface area contributed by atoms with Crippen molar-refractivity contribution in [2.75, 3.05) is 5.32 Å². The molecule has 2 N–H and O–H groups in total. The number of hydrogen-bond donors (Lipinski definition) is 2. The van der Waals surface area contributed by atoms with Crippen LogP contribution in [0.1, 0.15) is 27.0 Å². The van der Waals surface area contributed by atoms with Crippen LogP contribution in [-0.4, -0.2) is 11.0 Å². The molecule has 0 aliphatic rings. The maximum atomic E-state index is 12.8. The Kier molecular flexibility index (Phi) is 4.97. The number of carbonyl (C=O) groups excluding carboxylic acids is 1. The number of hydrogen-bond acceptors (Lipinski definition) is 2. The summed E-state index contributed by atoms with van der Waals surface area (Å²) in [6, 6.07) is 7.92. The number of carbonyl (C=O) groups is 1. The van der Waals surface area contributed by atoms with Gasteiger partial charge in [-0.05, 0) is 42.3 Å². The van der Waals surface area contributed by atoms with E-state index in [-0.39, 0.29) is 12.2 Å². The second kappa shape index (κ2) is 6.60. The summed E-state index contributed by atoms with van der Waals surface area (Å²) in [5.41, 5.74) is 0.506. The van der Waals surface area contributed by atoms with Gasteiger partial charge in [-0.25, -0.2) is 0 Å². The van der Waals surface area contributed by atoms with Crippen LogP contribution in [0, 0.1) is 6.92 Å². The molecule has 122 valence electrons. The average molecular weight is 344 g/mol. The van der Waals surface area contributed by atoms with Gasteiger partial charge in [-0.15, -0.1) is 0 Å². The Morgan fingerprint density at radius 1 is 1.22 bits per heavy atom. The standard InChI is InChI=1S/C16H13ClF3NO2/c1-9-2-3-10(8-22)6-14(9)21-15(23)11-4-5-13(17)12(7-11)16(18,19)20/h2-7,22H,8H2,1H3,(H,21,23). The first-order valence-electron chi connectivity index (χ1n) is 6.61. The summed E-state index contributed by atoms with van der Waals surface area (Å²) in [4.78, 5) is 12.2. The number of anilines is 1. The number of alkyl halides is 3. The highest BCUT2D eigenvalue weighted by Crippen LogP contribution is 2.35. The van der Waals surface area contributed by atoms with Crippen molar-refractivity contribution in [2.45, 2.75) is 19.7 Å². The second-order valence-corrected chi connectivity index (χ2v) is 5.36. The minimum atomic E-state index is -4.64. The highest BCUT2D eigenvalue weighted by molar-refractivity contribution is 6.31. The van der Waals surface area contributed by atoms with Gasteiger partial charge in [0, 0.05) is 11.3 Å². The Hall–Kier alpha value is -2.05. The van der Waals surface area contributed by atoms with Crippen LogP contribution in [-0.2, 0) is 12.8 Å². The summed E-state index contributed by atoms with van der Waals surface area (Å²) in [5, 5.41) is 11.2. The van der Waals surface area contributed by atoms with E-state index < -0.39 is 22.7 Å². The Bertz CT molecular complexity index is 745. The van der Waals surface area contributed by atoms with Gasteiger partial charge < -0.3 is 10.4 Å². The number of aliphatic hydroxyl groups excluding tert-OH is 1. The summed E-state index contributed by atoms with van der Waals surface area (Å²) in [5.74, 6) is -0.689. The number of halogens is 4. The fourth-order valence-corrected chi connectivity index (χ4v) is 2.21. The Labute approximate surface area is 135 Å². The lowest BCUT2D eigenvalue weighted by Crippen LogP contribution is -2.15. The third kappa shape index (κ3) is 4.03. The van der Waals surface area contributed by atoms with E-state index in [0.29, 0.717) is 17.3 Å². The average Bonchev–Trinajstić information content (AvgIpc) is 2.48. The molecular weight excluding hydrogens is 331 g/mol. The van der Waals surface area contributed by atoms with Gasteiger partial charge in [0.15, 0.2) is 0 Å². The van der Waals surface area contributed by atoms with Crippen LogP contribution in [0.5, 0.6) is 0 Å². The lowest BCUT2D eigenvalue weighted by molar-refractivity contribution is -0.137. The molecule has 0 bridgehead atoms. The number of aryl methyl sites for hydroxylation is 1. The molecule has 0 saturated carbocycles. The van der Waals surface area contributed by atoms with E-state index in [1.807, 2.05) is 0 Å². The van der Waals surface area contributed by atoms with Gasteiger partial charge in [0.05, 0.1) is 17.2 Å². The van der Waals surface area contributed by atoms with E-state index in [0.717, 1.165) is 11.6 Å². The summed E-state index contributed by atoms with van der Waals surface area (Å²) < 4.78 is 38.5. The van der Waals surface area contributed by atoms with Crippen molar-refractivity contribution in [3.63, 3.8) is 0 Å². The molecule has 2 aromatic rings. The molecule has 0 aliphatic heterocycles. The van der Waals surface area contributed by atoms with Crippen LogP contribution in [0.3, 0.4) is 0 Å². The van der Waals surface area contributed by atoms with Crippen molar-refractivity contribution in [1.29, 1.82) is 0 Å². The molecule has 0 aromatic heterocycles. The van der Waals surface area contributed by atoms with Crippen molar-refractivity contribution in [1.82, 2.24) is 0 Å². The first-order chi connectivity index (χ1) is 10.7. The van der Waals surface area contributed by atoms with Gasteiger partial charge in [0.25, 0.3) is 5.91 Å². The topological polar surface area (TPSA) is 49.3 Å². The van der Waals surface area contributed by atoms with E-state index in [9.17, 15) is 18.0 Å². The minimum Gasteiger partial charge on any atom is -0.392 e.